The number of aromatic hydroxyl groups is 1. The van der Waals surface area contributed by atoms with Crippen molar-refractivity contribution in [3.8, 4) is 11.5 Å². The molecule has 0 fully saturated rings. The van der Waals surface area contributed by atoms with Crippen LogP contribution < -0.4 is 4.74 Å². The van der Waals surface area contributed by atoms with Gasteiger partial charge in [-0.2, -0.15) is 0 Å². The largest absolute Gasteiger partial charge is 0.508 e. The maximum Gasteiger partial charge on any atom is 0.119 e. The maximum atomic E-state index is 9.17. The molecule has 0 aliphatic heterocycles. The van der Waals surface area contributed by atoms with E-state index in [0.717, 1.165) is 18.3 Å². The molecule has 0 aliphatic rings. The molecule has 0 aromatic heterocycles. The minimum absolute atomic E-state index is 0.276. The van der Waals surface area contributed by atoms with E-state index in [2.05, 4.69) is 27.7 Å². The molecule has 17 heavy (non-hydrogen) atoms. The Bertz CT molecular complexity index is 316. The van der Waals surface area contributed by atoms with Crippen molar-refractivity contribution in [1.29, 1.82) is 0 Å². The number of benzene rings is 1. The number of ether oxygens (including phenoxy) is 1. The van der Waals surface area contributed by atoms with Gasteiger partial charge in [-0.15, -0.1) is 0 Å². The van der Waals surface area contributed by atoms with E-state index in [4.69, 9.17) is 9.84 Å². The molecule has 0 saturated carbocycles. The molecular weight excluding hydrogens is 212 g/mol. The average molecular weight is 236 g/mol. The summed E-state index contributed by atoms with van der Waals surface area (Å²) in [6, 6.07) is 6.90. The highest BCUT2D eigenvalue weighted by Gasteiger charge is 2.14. The van der Waals surface area contributed by atoms with Gasteiger partial charge in [0.05, 0.1) is 6.61 Å². The summed E-state index contributed by atoms with van der Waals surface area (Å²) in [6.45, 7) is 9.76. The molecule has 0 radical (unpaired) electrons. The molecule has 0 spiro atoms. The van der Waals surface area contributed by atoms with Crippen molar-refractivity contribution < 1.29 is 9.84 Å². The molecule has 2 nitrogen and oxygen atoms in total. The van der Waals surface area contributed by atoms with E-state index in [-0.39, 0.29) is 5.75 Å². The van der Waals surface area contributed by atoms with Crippen molar-refractivity contribution in [2.45, 2.75) is 34.1 Å². The van der Waals surface area contributed by atoms with Crippen LogP contribution in [0, 0.1) is 17.8 Å². The lowest BCUT2D eigenvalue weighted by Gasteiger charge is -2.21. The van der Waals surface area contributed by atoms with Crippen molar-refractivity contribution in [2.75, 3.05) is 6.61 Å². The van der Waals surface area contributed by atoms with E-state index < -0.39 is 0 Å². The number of hydrogen-bond donors (Lipinski definition) is 1. The summed E-state index contributed by atoms with van der Waals surface area (Å²) < 4.78 is 5.71. The Balaban J connectivity index is 2.37. The van der Waals surface area contributed by atoms with Crippen LogP contribution in [0.2, 0.25) is 0 Å². The summed E-state index contributed by atoms with van der Waals surface area (Å²) in [5.74, 6) is 3.06. The normalized spacial score (nSPS) is 14.6. The standard InChI is InChI=1S/C15H24O2/c1-11(2)9-12(3)13(4)10-17-15-7-5-14(16)6-8-15/h5-8,11-13,16H,9-10H2,1-4H3. The van der Waals surface area contributed by atoms with Crippen LogP contribution in [-0.2, 0) is 0 Å². The Labute approximate surface area is 105 Å². The van der Waals surface area contributed by atoms with Gasteiger partial charge in [-0.05, 0) is 48.4 Å². The zero-order valence-electron chi connectivity index (χ0n) is 11.3. The summed E-state index contributed by atoms with van der Waals surface area (Å²) in [5, 5.41) is 9.17. The second-order valence-corrected chi connectivity index (χ2v) is 5.39. The molecule has 0 amide bonds. The molecule has 2 unspecified atom stereocenters. The molecule has 0 saturated heterocycles. The van der Waals surface area contributed by atoms with E-state index in [1.54, 1.807) is 24.3 Å². The Morgan fingerprint density at radius 3 is 2.12 bits per heavy atom. The van der Waals surface area contributed by atoms with Crippen LogP contribution in [0.5, 0.6) is 11.5 Å². The fourth-order valence-corrected chi connectivity index (χ4v) is 1.91. The zero-order valence-corrected chi connectivity index (χ0v) is 11.3. The van der Waals surface area contributed by atoms with Crippen molar-refractivity contribution in [1.82, 2.24) is 0 Å². The van der Waals surface area contributed by atoms with Gasteiger partial charge in [0.15, 0.2) is 0 Å². The minimum Gasteiger partial charge on any atom is -0.508 e. The van der Waals surface area contributed by atoms with Crippen LogP contribution in [0.4, 0.5) is 0 Å². The van der Waals surface area contributed by atoms with E-state index in [1.807, 2.05) is 0 Å². The van der Waals surface area contributed by atoms with Gasteiger partial charge in [0.25, 0.3) is 0 Å². The van der Waals surface area contributed by atoms with Crippen LogP contribution in [0.1, 0.15) is 34.1 Å². The minimum atomic E-state index is 0.276. The van der Waals surface area contributed by atoms with Gasteiger partial charge in [0.2, 0.25) is 0 Å². The summed E-state index contributed by atoms with van der Waals surface area (Å²) in [7, 11) is 0. The molecule has 96 valence electrons. The highest BCUT2D eigenvalue weighted by atomic mass is 16.5. The van der Waals surface area contributed by atoms with Gasteiger partial charge < -0.3 is 9.84 Å². The molecule has 2 atom stereocenters. The lowest BCUT2D eigenvalue weighted by atomic mass is 9.89. The predicted molar refractivity (Wildman–Crippen MR) is 71.4 cm³/mol. The van der Waals surface area contributed by atoms with Gasteiger partial charge in [0, 0.05) is 0 Å². The van der Waals surface area contributed by atoms with Crippen LogP contribution in [0.3, 0.4) is 0 Å². The fourth-order valence-electron chi connectivity index (χ4n) is 1.91. The van der Waals surface area contributed by atoms with Gasteiger partial charge in [-0.3, -0.25) is 0 Å². The molecule has 1 rings (SSSR count). The Morgan fingerprint density at radius 2 is 1.59 bits per heavy atom. The third kappa shape index (κ3) is 5.12. The Kier molecular flexibility index (Phi) is 5.33. The third-order valence-corrected chi connectivity index (χ3v) is 3.16. The van der Waals surface area contributed by atoms with Gasteiger partial charge in [-0.25, -0.2) is 0 Å². The second kappa shape index (κ2) is 6.53. The lowest BCUT2D eigenvalue weighted by molar-refractivity contribution is 0.200. The topological polar surface area (TPSA) is 29.5 Å². The highest BCUT2D eigenvalue weighted by molar-refractivity contribution is 5.30. The lowest BCUT2D eigenvalue weighted by Crippen LogP contribution is -2.18. The predicted octanol–water partition coefficient (Wildman–Crippen LogP) is 4.09. The smallest absolute Gasteiger partial charge is 0.119 e. The van der Waals surface area contributed by atoms with E-state index in [0.29, 0.717) is 11.8 Å². The molecule has 1 aromatic carbocycles. The Hall–Kier alpha value is -1.18. The monoisotopic (exact) mass is 236 g/mol. The molecule has 0 aliphatic carbocycles. The third-order valence-electron chi connectivity index (χ3n) is 3.16. The van der Waals surface area contributed by atoms with Gasteiger partial charge in [-0.1, -0.05) is 27.7 Å². The maximum absolute atomic E-state index is 9.17. The molecule has 1 N–H and O–H groups in total. The van der Waals surface area contributed by atoms with Crippen LogP contribution in [-0.4, -0.2) is 11.7 Å². The van der Waals surface area contributed by atoms with Gasteiger partial charge in [0.1, 0.15) is 11.5 Å². The number of phenolic OH excluding ortho intramolecular Hbond substituents is 1. The quantitative estimate of drug-likeness (QED) is 0.806. The van der Waals surface area contributed by atoms with E-state index in [9.17, 15) is 0 Å². The van der Waals surface area contributed by atoms with Crippen LogP contribution >= 0.6 is 0 Å². The fraction of sp³-hybridized carbons (Fsp3) is 0.600. The summed E-state index contributed by atoms with van der Waals surface area (Å²) in [5.41, 5.74) is 0. The average Bonchev–Trinajstić information content (AvgIpc) is 2.27. The first kappa shape index (κ1) is 13.9. The first-order valence-electron chi connectivity index (χ1n) is 6.41. The summed E-state index contributed by atoms with van der Waals surface area (Å²) in [4.78, 5) is 0. The number of hydrogen-bond acceptors (Lipinski definition) is 2. The highest BCUT2D eigenvalue weighted by Crippen LogP contribution is 2.22. The first-order valence-corrected chi connectivity index (χ1v) is 6.41. The van der Waals surface area contributed by atoms with Crippen molar-refractivity contribution in [3.05, 3.63) is 24.3 Å². The molecule has 0 heterocycles. The molecule has 2 heteroatoms. The Morgan fingerprint density at radius 1 is 1.00 bits per heavy atom. The SMILES string of the molecule is CC(C)CC(C)C(C)COc1ccc(O)cc1. The van der Waals surface area contributed by atoms with Crippen molar-refractivity contribution in [3.63, 3.8) is 0 Å². The van der Waals surface area contributed by atoms with Crippen molar-refractivity contribution in [2.24, 2.45) is 17.8 Å². The van der Waals surface area contributed by atoms with Crippen molar-refractivity contribution >= 4 is 0 Å². The molecular formula is C15H24O2. The number of rotatable bonds is 6. The van der Waals surface area contributed by atoms with E-state index >= 15 is 0 Å². The molecule has 1 aromatic rings. The van der Waals surface area contributed by atoms with Crippen LogP contribution in [0.15, 0.2) is 24.3 Å². The first-order chi connectivity index (χ1) is 7.99. The second-order valence-electron chi connectivity index (χ2n) is 5.39. The van der Waals surface area contributed by atoms with E-state index in [1.165, 1.54) is 6.42 Å². The van der Waals surface area contributed by atoms with Crippen LogP contribution in [0.25, 0.3) is 0 Å². The molecule has 0 bridgehead atoms. The number of phenols is 1. The summed E-state index contributed by atoms with van der Waals surface area (Å²) in [6.07, 6.45) is 1.24. The van der Waals surface area contributed by atoms with Gasteiger partial charge >= 0.3 is 0 Å². The summed E-state index contributed by atoms with van der Waals surface area (Å²) >= 11 is 0. The zero-order chi connectivity index (χ0) is 12.8.